The lowest BCUT2D eigenvalue weighted by atomic mass is 10.1. The van der Waals surface area contributed by atoms with E-state index in [1.54, 1.807) is 18.2 Å². The van der Waals surface area contributed by atoms with E-state index >= 15 is 0 Å². The molecule has 6 nitrogen and oxygen atoms in total. The zero-order chi connectivity index (χ0) is 15.4. The van der Waals surface area contributed by atoms with Crippen LogP contribution in [-0.4, -0.2) is 17.7 Å². The standard InChI is InChI=1S/C15H13N3O3/c16-13(19)9-4-6-10(7-5-9)15(21)18-12-3-1-2-11(8-12)14(17)20/h1-8H,(H2,16,19)(H2,17,20)(H,18,21). The third-order valence-corrected chi connectivity index (χ3v) is 2.84. The average molecular weight is 283 g/mol. The molecule has 0 heterocycles. The molecule has 0 atom stereocenters. The first-order valence-corrected chi connectivity index (χ1v) is 6.08. The van der Waals surface area contributed by atoms with Gasteiger partial charge < -0.3 is 16.8 Å². The summed E-state index contributed by atoms with van der Waals surface area (Å²) in [5.74, 6) is -1.50. The highest BCUT2D eigenvalue weighted by Crippen LogP contribution is 2.12. The first-order chi connectivity index (χ1) is 9.97. The van der Waals surface area contributed by atoms with E-state index in [2.05, 4.69) is 5.32 Å². The molecular formula is C15H13N3O3. The van der Waals surface area contributed by atoms with Gasteiger partial charge in [-0.15, -0.1) is 0 Å². The number of primary amides is 2. The van der Waals surface area contributed by atoms with Gasteiger partial charge in [0.05, 0.1) is 0 Å². The summed E-state index contributed by atoms with van der Waals surface area (Å²) in [5.41, 5.74) is 11.7. The minimum absolute atomic E-state index is 0.303. The van der Waals surface area contributed by atoms with Gasteiger partial charge in [0.1, 0.15) is 0 Å². The summed E-state index contributed by atoms with van der Waals surface area (Å²) >= 11 is 0. The SMILES string of the molecule is NC(=O)c1ccc(C(=O)Nc2cccc(C(N)=O)c2)cc1. The van der Waals surface area contributed by atoms with E-state index in [1.807, 2.05) is 0 Å². The van der Waals surface area contributed by atoms with Crippen LogP contribution in [0.4, 0.5) is 5.69 Å². The van der Waals surface area contributed by atoms with E-state index in [1.165, 1.54) is 30.3 Å². The van der Waals surface area contributed by atoms with Crippen LogP contribution in [0.5, 0.6) is 0 Å². The van der Waals surface area contributed by atoms with Gasteiger partial charge in [-0.05, 0) is 42.5 Å². The van der Waals surface area contributed by atoms with Crippen LogP contribution in [0.2, 0.25) is 0 Å². The maximum absolute atomic E-state index is 12.0. The molecule has 0 aliphatic rings. The van der Waals surface area contributed by atoms with Gasteiger partial charge in [0.25, 0.3) is 5.91 Å². The Bertz CT molecular complexity index is 708. The maximum atomic E-state index is 12.0. The number of hydrogen-bond donors (Lipinski definition) is 3. The molecule has 0 bridgehead atoms. The minimum atomic E-state index is -0.572. The van der Waals surface area contributed by atoms with Crippen molar-refractivity contribution in [3.8, 4) is 0 Å². The fourth-order valence-corrected chi connectivity index (χ4v) is 1.74. The summed E-state index contributed by atoms with van der Waals surface area (Å²) < 4.78 is 0. The minimum Gasteiger partial charge on any atom is -0.366 e. The summed E-state index contributed by atoms with van der Waals surface area (Å²) in [6, 6.07) is 12.2. The zero-order valence-corrected chi connectivity index (χ0v) is 11.0. The summed E-state index contributed by atoms with van der Waals surface area (Å²) in [4.78, 5) is 34.1. The third kappa shape index (κ3) is 3.44. The highest BCUT2D eigenvalue weighted by molar-refractivity contribution is 6.05. The monoisotopic (exact) mass is 283 g/mol. The second-order valence-electron chi connectivity index (χ2n) is 4.34. The van der Waals surface area contributed by atoms with Gasteiger partial charge in [-0.1, -0.05) is 6.07 Å². The first kappa shape index (κ1) is 14.3. The van der Waals surface area contributed by atoms with E-state index in [0.717, 1.165) is 0 Å². The number of benzene rings is 2. The topological polar surface area (TPSA) is 115 Å². The Kier molecular flexibility index (Phi) is 3.99. The predicted molar refractivity (Wildman–Crippen MR) is 77.9 cm³/mol. The summed E-state index contributed by atoms with van der Waals surface area (Å²) in [5, 5.41) is 2.64. The van der Waals surface area contributed by atoms with Gasteiger partial charge in [-0.2, -0.15) is 0 Å². The third-order valence-electron chi connectivity index (χ3n) is 2.84. The number of amides is 3. The molecule has 2 rings (SSSR count). The average Bonchev–Trinajstić information content (AvgIpc) is 2.47. The van der Waals surface area contributed by atoms with E-state index in [0.29, 0.717) is 22.4 Å². The van der Waals surface area contributed by atoms with E-state index < -0.39 is 11.8 Å². The molecule has 0 aliphatic heterocycles. The zero-order valence-electron chi connectivity index (χ0n) is 11.0. The van der Waals surface area contributed by atoms with Crippen LogP contribution >= 0.6 is 0 Å². The van der Waals surface area contributed by atoms with Gasteiger partial charge in [0.15, 0.2) is 0 Å². The van der Waals surface area contributed by atoms with Crippen molar-refractivity contribution in [1.82, 2.24) is 0 Å². The molecule has 0 radical (unpaired) electrons. The van der Waals surface area contributed by atoms with Crippen molar-refractivity contribution in [2.75, 3.05) is 5.32 Å². The molecule has 106 valence electrons. The number of anilines is 1. The van der Waals surface area contributed by atoms with Crippen LogP contribution in [0.25, 0.3) is 0 Å². The Morgan fingerprint density at radius 1 is 0.762 bits per heavy atom. The van der Waals surface area contributed by atoms with Gasteiger partial charge >= 0.3 is 0 Å². The van der Waals surface area contributed by atoms with Crippen LogP contribution in [0.15, 0.2) is 48.5 Å². The number of nitrogens with one attached hydrogen (secondary N) is 1. The van der Waals surface area contributed by atoms with E-state index in [4.69, 9.17) is 11.5 Å². The molecule has 0 saturated carbocycles. The predicted octanol–water partition coefficient (Wildman–Crippen LogP) is 1.14. The molecule has 6 heteroatoms. The van der Waals surface area contributed by atoms with Gasteiger partial charge in [-0.3, -0.25) is 14.4 Å². The van der Waals surface area contributed by atoms with Crippen molar-refractivity contribution in [3.63, 3.8) is 0 Å². The molecule has 0 aromatic heterocycles. The molecule has 3 amide bonds. The lowest BCUT2D eigenvalue weighted by molar-refractivity contribution is 0.0992. The fourth-order valence-electron chi connectivity index (χ4n) is 1.74. The Morgan fingerprint density at radius 2 is 1.33 bits per heavy atom. The van der Waals surface area contributed by atoms with Crippen molar-refractivity contribution in [2.24, 2.45) is 11.5 Å². The Morgan fingerprint density at radius 3 is 1.90 bits per heavy atom. The number of carbonyl (C=O) groups is 3. The molecule has 5 N–H and O–H groups in total. The second kappa shape index (κ2) is 5.87. The fraction of sp³-hybridized carbons (Fsp3) is 0. The highest BCUT2D eigenvalue weighted by atomic mass is 16.2. The van der Waals surface area contributed by atoms with Crippen LogP contribution in [-0.2, 0) is 0 Å². The molecule has 0 spiro atoms. The highest BCUT2D eigenvalue weighted by Gasteiger charge is 2.08. The lowest BCUT2D eigenvalue weighted by Gasteiger charge is -2.06. The van der Waals surface area contributed by atoms with Gasteiger partial charge in [0.2, 0.25) is 11.8 Å². The molecule has 0 aliphatic carbocycles. The maximum Gasteiger partial charge on any atom is 0.255 e. The Balaban J connectivity index is 2.16. The quantitative estimate of drug-likeness (QED) is 0.781. The van der Waals surface area contributed by atoms with E-state index in [-0.39, 0.29) is 5.91 Å². The molecule has 0 fully saturated rings. The normalized spacial score (nSPS) is 9.90. The van der Waals surface area contributed by atoms with Crippen LogP contribution in [0.3, 0.4) is 0 Å². The van der Waals surface area contributed by atoms with Gasteiger partial charge in [-0.25, -0.2) is 0 Å². The van der Waals surface area contributed by atoms with Crippen LogP contribution in [0, 0.1) is 0 Å². The summed E-state index contributed by atoms with van der Waals surface area (Å²) in [6.45, 7) is 0. The Labute approximate surface area is 120 Å². The van der Waals surface area contributed by atoms with E-state index in [9.17, 15) is 14.4 Å². The van der Waals surface area contributed by atoms with Crippen LogP contribution in [0.1, 0.15) is 31.1 Å². The number of carbonyl (C=O) groups excluding carboxylic acids is 3. The smallest absolute Gasteiger partial charge is 0.255 e. The van der Waals surface area contributed by atoms with Crippen molar-refractivity contribution in [1.29, 1.82) is 0 Å². The number of nitrogens with two attached hydrogens (primary N) is 2. The molecule has 0 saturated heterocycles. The Hall–Kier alpha value is -3.15. The molecule has 21 heavy (non-hydrogen) atoms. The second-order valence-corrected chi connectivity index (χ2v) is 4.34. The molecule has 2 aromatic rings. The molecule has 2 aromatic carbocycles. The molecule has 0 unspecified atom stereocenters. The molecular weight excluding hydrogens is 270 g/mol. The van der Waals surface area contributed by atoms with Gasteiger partial charge in [0, 0.05) is 22.4 Å². The summed E-state index contributed by atoms with van der Waals surface area (Å²) in [7, 11) is 0. The van der Waals surface area contributed by atoms with Crippen molar-refractivity contribution < 1.29 is 14.4 Å². The van der Waals surface area contributed by atoms with Crippen LogP contribution < -0.4 is 16.8 Å². The van der Waals surface area contributed by atoms with Crippen molar-refractivity contribution >= 4 is 23.4 Å². The number of rotatable bonds is 4. The number of hydrogen-bond acceptors (Lipinski definition) is 3. The van der Waals surface area contributed by atoms with Crippen molar-refractivity contribution in [3.05, 3.63) is 65.2 Å². The van der Waals surface area contributed by atoms with Crippen molar-refractivity contribution in [2.45, 2.75) is 0 Å². The first-order valence-electron chi connectivity index (χ1n) is 6.08. The lowest BCUT2D eigenvalue weighted by Crippen LogP contribution is -2.15. The largest absolute Gasteiger partial charge is 0.366 e. The summed E-state index contributed by atoms with van der Waals surface area (Å²) in [6.07, 6.45) is 0.